The van der Waals surface area contributed by atoms with Crippen LogP contribution in [0.25, 0.3) is 0 Å². The maximum atomic E-state index is 14.3. The molecule has 0 saturated heterocycles. The van der Waals surface area contributed by atoms with E-state index in [1.165, 1.54) is 30.6 Å². The quantitative estimate of drug-likeness (QED) is 0.550. The molecule has 0 saturated carbocycles. The van der Waals surface area contributed by atoms with E-state index in [1.54, 1.807) is 6.92 Å². The van der Waals surface area contributed by atoms with E-state index in [1.807, 2.05) is 0 Å². The highest BCUT2D eigenvalue weighted by atomic mass is 19.1. The first-order valence-electron chi connectivity index (χ1n) is 8.63. The highest BCUT2D eigenvalue weighted by Crippen LogP contribution is 2.21. The minimum Gasteiger partial charge on any atom is -0.340 e. The summed E-state index contributed by atoms with van der Waals surface area (Å²) in [5, 5.41) is 4.84. The van der Waals surface area contributed by atoms with Crippen LogP contribution in [0.1, 0.15) is 44.7 Å². The number of anilines is 2. The minimum absolute atomic E-state index is 0.00801. The van der Waals surface area contributed by atoms with Gasteiger partial charge in [-0.15, -0.1) is 0 Å². The summed E-state index contributed by atoms with van der Waals surface area (Å²) in [4.78, 5) is 42.7. The molecule has 1 heterocycles. The predicted octanol–water partition coefficient (Wildman–Crippen LogP) is 3.79. The first-order chi connectivity index (χ1) is 13.9. The van der Waals surface area contributed by atoms with E-state index in [4.69, 9.17) is 0 Å². The van der Waals surface area contributed by atoms with E-state index in [0.29, 0.717) is 0 Å². The van der Waals surface area contributed by atoms with Gasteiger partial charge in [-0.05, 0) is 42.5 Å². The highest BCUT2D eigenvalue weighted by molar-refractivity contribution is 6.10. The summed E-state index contributed by atoms with van der Waals surface area (Å²) in [5.74, 6) is -2.84. The number of hydrogen-bond donors (Lipinski definition) is 3. The first kappa shape index (κ1) is 19.9. The zero-order chi connectivity index (χ0) is 21.0. The summed E-state index contributed by atoms with van der Waals surface area (Å²) in [5.41, 5.74) is 0.160. The Bertz CT molecular complexity index is 1080. The Morgan fingerprint density at radius 2 is 1.72 bits per heavy atom. The fraction of sp³-hybridized carbons (Fsp3) is 0.100. The van der Waals surface area contributed by atoms with E-state index in [-0.39, 0.29) is 40.5 Å². The van der Waals surface area contributed by atoms with Gasteiger partial charge in [0.2, 0.25) is 0 Å². The lowest BCUT2D eigenvalue weighted by molar-refractivity contribution is 0.0963. The molecule has 0 spiro atoms. The van der Waals surface area contributed by atoms with Gasteiger partial charge in [0.05, 0.1) is 12.0 Å². The van der Waals surface area contributed by atoms with E-state index in [2.05, 4.69) is 20.6 Å². The monoisotopic (exact) mass is 398 g/mol. The minimum atomic E-state index is -0.785. The molecule has 2 amide bonds. The summed E-state index contributed by atoms with van der Waals surface area (Å²) in [6.45, 7) is 1.65. The molecule has 7 nitrogen and oxygen atoms in total. The van der Waals surface area contributed by atoms with Crippen molar-refractivity contribution in [3.05, 3.63) is 77.4 Å². The molecule has 0 radical (unpaired) electrons. The molecule has 148 valence electrons. The van der Waals surface area contributed by atoms with Gasteiger partial charge in [0, 0.05) is 17.7 Å². The van der Waals surface area contributed by atoms with Crippen molar-refractivity contribution >= 4 is 29.0 Å². The van der Waals surface area contributed by atoms with Crippen LogP contribution in [-0.2, 0) is 0 Å². The van der Waals surface area contributed by atoms with Gasteiger partial charge >= 0.3 is 0 Å². The smallest absolute Gasteiger partial charge is 0.274 e. The third kappa shape index (κ3) is 4.52. The van der Waals surface area contributed by atoms with Crippen molar-refractivity contribution < 1.29 is 23.2 Å². The second-order valence-electron chi connectivity index (χ2n) is 6.01. The molecule has 0 aliphatic heterocycles. The molecule has 9 heteroatoms. The molecule has 2 aromatic carbocycles. The summed E-state index contributed by atoms with van der Waals surface area (Å²) < 4.78 is 27.3. The number of Topliss-reactive ketones (excluding diaryl/α,β-unsaturated/α-hetero) is 1. The van der Waals surface area contributed by atoms with Gasteiger partial charge in [0.15, 0.2) is 5.78 Å². The number of rotatable bonds is 6. The second-order valence-corrected chi connectivity index (χ2v) is 6.01. The Kier molecular flexibility index (Phi) is 5.77. The number of aromatic amines is 1. The van der Waals surface area contributed by atoms with Gasteiger partial charge in [-0.3, -0.25) is 14.4 Å². The van der Waals surface area contributed by atoms with Crippen molar-refractivity contribution in [2.45, 2.75) is 13.3 Å². The number of imidazole rings is 1. The Morgan fingerprint density at radius 1 is 1.00 bits per heavy atom. The summed E-state index contributed by atoms with van der Waals surface area (Å²) in [6, 6.07) is 8.48. The number of H-pyrrole nitrogens is 1. The van der Waals surface area contributed by atoms with Crippen molar-refractivity contribution in [1.29, 1.82) is 0 Å². The molecule has 0 aliphatic rings. The number of nitrogens with zero attached hydrogens (tertiary/aromatic N) is 1. The summed E-state index contributed by atoms with van der Waals surface area (Å²) in [6.07, 6.45) is 1.41. The van der Waals surface area contributed by atoms with Crippen LogP contribution in [0.15, 0.2) is 48.8 Å². The molecule has 3 rings (SSSR count). The maximum absolute atomic E-state index is 14.3. The van der Waals surface area contributed by atoms with E-state index in [0.717, 1.165) is 18.2 Å². The van der Waals surface area contributed by atoms with Crippen LogP contribution < -0.4 is 10.6 Å². The maximum Gasteiger partial charge on any atom is 0.274 e. The lowest BCUT2D eigenvalue weighted by Crippen LogP contribution is -2.17. The molecule has 0 unspecified atom stereocenters. The van der Waals surface area contributed by atoms with E-state index < -0.39 is 23.4 Å². The summed E-state index contributed by atoms with van der Waals surface area (Å²) >= 11 is 0. The number of halogens is 2. The van der Waals surface area contributed by atoms with Crippen LogP contribution in [0.5, 0.6) is 0 Å². The van der Waals surface area contributed by atoms with Crippen LogP contribution in [0.2, 0.25) is 0 Å². The Morgan fingerprint density at radius 3 is 2.38 bits per heavy atom. The zero-order valence-corrected chi connectivity index (χ0v) is 15.3. The van der Waals surface area contributed by atoms with E-state index in [9.17, 15) is 23.2 Å². The zero-order valence-electron chi connectivity index (χ0n) is 15.3. The average molecular weight is 398 g/mol. The Balaban J connectivity index is 1.72. The lowest BCUT2D eigenvalue weighted by Gasteiger charge is -2.09. The number of carbonyl (C=O) groups excluding carboxylic acids is 3. The predicted molar refractivity (Wildman–Crippen MR) is 102 cm³/mol. The standard InChI is InChI=1S/C20H16F2N4O3/c1-2-16(27)17-18(24-10-23-17)20(29)25-13-7-8-15(14(22)9-13)26-19(28)11-3-5-12(21)6-4-11/h3-10H,2H2,1H3,(H,23,24)(H,25,29)(H,26,28). The molecule has 3 N–H and O–H groups in total. The van der Waals surface area contributed by atoms with Gasteiger partial charge in [-0.1, -0.05) is 6.92 Å². The second kappa shape index (κ2) is 8.42. The molecule has 0 bridgehead atoms. The van der Waals surface area contributed by atoms with Gasteiger partial charge in [-0.25, -0.2) is 13.8 Å². The van der Waals surface area contributed by atoms with Gasteiger partial charge in [0.1, 0.15) is 23.0 Å². The number of ketones is 1. The van der Waals surface area contributed by atoms with E-state index >= 15 is 0 Å². The average Bonchev–Trinajstić information content (AvgIpc) is 3.20. The molecule has 29 heavy (non-hydrogen) atoms. The molecule has 0 fully saturated rings. The van der Waals surface area contributed by atoms with Crippen LogP contribution in [0.3, 0.4) is 0 Å². The third-order valence-corrected chi connectivity index (χ3v) is 4.03. The van der Waals surface area contributed by atoms with Gasteiger partial charge in [0.25, 0.3) is 11.8 Å². The number of aromatic nitrogens is 2. The molecule has 1 aromatic heterocycles. The molecule has 0 aliphatic carbocycles. The van der Waals surface area contributed by atoms with Gasteiger partial charge < -0.3 is 15.6 Å². The molecule has 0 atom stereocenters. The highest BCUT2D eigenvalue weighted by Gasteiger charge is 2.19. The fourth-order valence-corrected chi connectivity index (χ4v) is 2.53. The first-order valence-corrected chi connectivity index (χ1v) is 8.63. The Labute approximate surface area is 164 Å². The van der Waals surface area contributed by atoms with Crippen LogP contribution >= 0.6 is 0 Å². The van der Waals surface area contributed by atoms with Crippen LogP contribution in [0.4, 0.5) is 20.2 Å². The molecular formula is C20H16F2N4O3. The number of nitrogens with one attached hydrogen (secondary N) is 3. The topological polar surface area (TPSA) is 104 Å². The Hall–Kier alpha value is -3.88. The fourth-order valence-electron chi connectivity index (χ4n) is 2.53. The van der Waals surface area contributed by atoms with Crippen molar-refractivity contribution in [1.82, 2.24) is 9.97 Å². The number of hydrogen-bond acceptors (Lipinski definition) is 4. The van der Waals surface area contributed by atoms with Gasteiger partial charge in [-0.2, -0.15) is 0 Å². The molecule has 3 aromatic rings. The number of amides is 2. The largest absolute Gasteiger partial charge is 0.340 e. The third-order valence-electron chi connectivity index (χ3n) is 4.03. The van der Waals surface area contributed by atoms with Crippen LogP contribution in [0, 0.1) is 11.6 Å². The normalized spacial score (nSPS) is 10.4. The van der Waals surface area contributed by atoms with Crippen molar-refractivity contribution in [3.63, 3.8) is 0 Å². The molecular weight excluding hydrogens is 382 g/mol. The number of carbonyl (C=O) groups is 3. The SMILES string of the molecule is CCC(=O)c1nc[nH]c1C(=O)Nc1ccc(NC(=O)c2ccc(F)cc2)c(F)c1. The summed E-state index contributed by atoms with van der Waals surface area (Å²) in [7, 11) is 0. The van der Waals surface area contributed by atoms with Crippen molar-refractivity contribution in [3.8, 4) is 0 Å². The lowest BCUT2D eigenvalue weighted by atomic mass is 10.1. The number of benzene rings is 2. The van der Waals surface area contributed by atoms with Crippen LogP contribution in [-0.4, -0.2) is 27.6 Å². The van der Waals surface area contributed by atoms with Crippen molar-refractivity contribution in [2.24, 2.45) is 0 Å². The van der Waals surface area contributed by atoms with Crippen molar-refractivity contribution in [2.75, 3.05) is 10.6 Å².